The van der Waals surface area contributed by atoms with E-state index in [-0.39, 0.29) is 13.5 Å². The average Bonchev–Trinajstić information content (AvgIpc) is 2.56. The molecule has 0 atom stereocenters. The third-order valence-corrected chi connectivity index (χ3v) is 2.31. The molecule has 3 rings (SSSR count). The molecule has 14 heavy (non-hydrogen) atoms. The maximum Gasteiger partial charge on any atom is 0.0651 e. The van der Waals surface area contributed by atoms with Crippen LogP contribution in [0, 0.1) is 0 Å². The molecule has 0 radical (unpaired) electrons. The number of aromatic amines is 1. The number of nitrogens with one attached hydrogen (secondary N) is 1. The molecule has 0 saturated heterocycles. The number of hydrogen-bond donors (Lipinski definition) is 1. The minimum atomic E-state index is 0. The molecule has 0 unspecified atom stereocenters. The van der Waals surface area contributed by atoms with Crippen LogP contribution in [0.1, 0.15) is 0 Å². The van der Waals surface area contributed by atoms with Gasteiger partial charge < -0.3 is 4.98 Å². The molecule has 1 aromatic carbocycles. The van der Waals surface area contributed by atoms with Crippen LogP contribution in [0.5, 0.6) is 0 Å². The number of nitrogens with zero attached hydrogens (tertiary/aromatic N) is 1. The Hall–Kier alpha value is -1.48. The minimum Gasteiger partial charge on any atom is -0.353 e. The molecule has 70 valence electrons. The highest BCUT2D eigenvalue weighted by Gasteiger charge is 2.00. The van der Waals surface area contributed by atoms with E-state index in [9.17, 15) is 0 Å². The molecule has 0 fully saturated rings. The summed E-state index contributed by atoms with van der Waals surface area (Å²) >= 11 is 0. The second-order valence-electron chi connectivity index (χ2n) is 3.09. The monoisotopic (exact) mass is 202 g/mol. The Morgan fingerprint density at radius 2 is 1.71 bits per heavy atom. The predicted molar refractivity (Wildman–Crippen MR) is 64.0 cm³/mol. The Morgan fingerprint density at radius 3 is 2.64 bits per heavy atom. The molecule has 1 N–H and O–H groups in total. The second kappa shape index (κ2) is 3.35. The molecule has 0 aliphatic carbocycles. The molecule has 0 aliphatic heterocycles. The van der Waals surface area contributed by atoms with Gasteiger partial charge in [-0.25, -0.2) is 0 Å². The molecular formula is C11H10N2S. The van der Waals surface area contributed by atoms with Gasteiger partial charge in [0.2, 0.25) is 0 Å². The van der Waals surface area contributed by atoms with E-state index in [4.69, 9.17) is 0 Å². The van der Waals surface area contributed by atoms with E-state index in [1.54, 1.807) is 0 Å². The van der Waals surface area contributed by atoms with Gasteiger partial charge in [0.25, 0.3) is 0 Å². The summed E-state index contributed by atoms with van der Waals surface area (Å²) < 4.78 is 0. The van der Waals surface area contributed by atoms with Gasteiger partial charge in [-0.15, -0.1) is 0 Å². The van der Waals surface area contributed by atoms with Crippen molar-refractivity contribution in [1.82, 2.24) is 9.97 Å². The number of pyridine rings is 1. The summed E-state index contributed by atoms with van der Waals surface area (Å²) in [6, 6.07) is 10.3. The Bertz CT molecular complexity index is 521. The van der Waals surface area contributed by atoms with Gasteiger partial charge in [0, 0.05) is 22.5 Å². The highest BCUT2D eigenvalue weighted by atomic mass is 32.1. The second-order valence-corrected chi connectivity index (χ2v) is 3.09. The van der Waals surface area contributed by atoms with Gasteiger partial charge in [-0.3, -0.25) is 4.98 Å². The third kappa shape index (κ3) is 1.17. The summed E-state index contributed by atoms with van der Waals surface area (Å²) in [6.07, 6.45) is 3.68. The SMILES string of the molecule is S.c1ccc2c(c1)[nH]c1cnccc12. The zero-order chi connectivity index (χ0) is 8.67. The van der Waals surface area contributed by atoms with E-state index in [2.05, 4.69) is 28.2 Å². The summed E-state index contributed by atoms with van der Waals surface area (Å²) in [6.45, 7) is 0. The minimum absolute atomic E-state index is 0. The van der Waals surface area contributed by atoms with E-state index in [0.29, 0.717) is 0 Å². The summed E-state index contributed by atoms with van der Waals surface area (Å²) in [4.78, 5) is 7.39. The van der Waals surface area contributed by atoms with Gasteiger partial charge in [-0.05, 0) is 12.1 Å². The zero-order valence-corrected chi connectivity index (χ0v) is 8.49. The zero-order valence-electron chi connectivity index (χ0n) is 7.49. The molecule has 0 saturated carbocycles. The van der Waals surface area contributed by atoms with Crippen molar-refractivity contribution in [2.75, 3.05) is 0 Å². The Balaban J connectivity index is 0.000000750. The molecule has 0 amide bonds. The smallest absolute Gasteiger partial charge is 0.0651 e. The van der Waals surface area contributed by atoms with Crippen molar-refractivity contribution < 1.29 is 0 Å². The van der Waals surface area contributed by atoms with E-state index < -0.39 is 0 Å². The topological polar surface area (TPSA) is 28.7 Å². The first kappa shape index (κ1) is 9.09. The summed E-state index contributed by atoms with van der Waals surface area (Å²) in [7, 11) is 0. The largest absolute Gasteiger partial charge is 0.353 e. The van der Waals surface area contributed by atoms with E-state index in [1.807, 2.05) is 24.5 Å². The van der Waals surface area contributed by atoms with Crippen molar-refractivity contribution >= 4 is 35.3 Å². The van der Waals surface area contributed by atoms with Crippen molar-refractivity contribution in [3.05, 3.63) is 42.7 Å². The average molecular weight is 202 g/mol. The summed E-state index contributed by atoms with van der Waals surface area (Å²) in [5.41, 5.74) is 2.27. The van der Waals surface area contributed by atoms with Crippen LogP contribution >= 0.6 is 13.5 Å². The number of fused-ring (bicyclic) bond motifs is 3. The number of benzene rings is 1. The van der Waals surface area contributed by atoms with Crippen LogP contribution in [-0.2, 0) is 0 Å². The van der Waals surface area contributed by atoms with Crippen molar-refractivity contribution in [2.45, 2.75) is 0 Å². The fraction of sp³-hybridized carbons (Fsp3) is 0. The van der Waals surface area contributed by atoms with Crippen LogP contribution in [0.2, 0.25) is 0 Å². The van der Waals surface area contributed by atoms with Crippen molar-refractivity contribution in [1.29, 1.82) is 0 Å². The van der Waals surface area contributed by atoms with Crippen LogP contribution in [0.15, 0.2) is 42.7 Å². The highest BCUT2D eigenvalue weighted by molar-refractivity contribution is 7.59. The molecule has 3 aromatic rings. The quantitative estimate of drug-likeness (QED) is 0.596. The van der Waals surface area contributed by atoms with Gasteiger partial charge in [0.05, 0.1) is 11.7 Å². The first-order valence-electron chi connectivity index (χ1n) is 4.25. The van der Waals surface area contributed by atoms with E-state index in [0.717, 1.165) is 5.52 Å². The predicted octanol–water partition coefficient (Wildman–Crippen LogP) is 2.83. The van der Waals surface area contributed by atoms with Crippen molar-refractivity contribution in [3.8, 4) is 0 Å². The molecule has 0 spiro atoms. The van der Waals surface area contributed by atoms with Gasteiger partial charge in [-0.2, -0.15) is 13.5 Å². The number of para-hydroxylation sites is 1. The van der Waals surface area contributed by atoms with Crippen LogP contribution in [0.4, 0.5) is 0 Å². The lowest BCUT2D eigenvalue weighted by molar-refractivity contribution is 1.35. The third-order valence-electron chi connectivity index (χ3n) is 2.31. The molecule has 2 aromatic heterocycles. The first-order chi connectivity index (χ1) is 6.45. The molecule has 2 nitrogen and oxygen atoms in total. The van der Waals surface area contributed by atoms with Gasteiger partial charge in [0.15, 0.2) is 0 Å². The maximum atomic E-state index is 4.08. The summed E-state index contributed by atoms with van der Waals surface area (Å²) in [5.74, 6) is 0. The maximum absolute atomic E-state index is 4.08. The van der Waals surface area contributed by atoms with E-state index >= 15 is 0 Å². The first-order valence-corrected chi connectivity index (χ1v) is 4.25. The van der Waals surface area contributed by atoms with Gasteiger partial charge >= 0.3 is 0 Å². The molecule has 0 aliphatic rings. The Kier molecular flexibility index (Phi) is 2.17. The molecule has 3 heteroatoms. The van der Waals surface area contributed by atoms with Crippen molar-refractivity contribution in [3.63, 3.8) is 0 Å². The van der Waals surface area contributed by atoms with Crippen LogP contribution in [0.25, 0.3) is 21.8 Å². The van der Waals surface area contributed by atoms with Gasteiger partial charge in [-0.1, -0.05) is 18.2 Å². The Labute approximate surface area is 88.4 Å². The normalized spacial score (nSPS) is 10.3. The van der Waals surface area contributed by atoms with Crippen LogP contribution in [-0.4, -0.2) is 9.97 Å². The van der Waals surface area contributed by atoms with Crippen LogP contribution in [0.3, 0.4) is 0 Å². The fourth-order valence-electron chi connectivity index (χ4n) is 1.70. The molecule has 2 heterocycles. The number of aromatic nitrogens is 2. The molecule has 0 bridgehead atoms. The van der Waals surface area contributed by atoms with Crippen LogP contribution < -0.4 is 0 Å². The standard InChI is InChI=1S/C11H8N2.H2S/c1-2-4-10-8(3-1)9-5-6-12-7-11(9)13-10;/h1-7,13H;1H2. The number of H-pyrrole nitrogens is 1. The lowest BCUT2D eigenvalue weighted by atomic mass is 10.2. The fourth-order valence-corrected chi connectivity index (χ4v) is 1.70. The Morgan fingerprint density at radius 1 is 0.929 bits per heavy atom. The van der Waals surface area contributed by atoms with E-state index in [1.165, 1.54) is 16.3 Å². The lowest BCUT2D eigenvalue weighted by Gasteiger charge is -1.87. The van der Waals surface area contributed by atoms with Gasteiger partial charge in [0.1, 0.15) is 0 Å². The lowest BCUT2D eigenvalue weighted by Crippen LogP contribution is -1.68. The number of hydrogen-bond acceptors (Lipinski definition) is 1. The summed E-state index contributed by atoms with van der Waals surface area (Å²) in [5, 5.41) is 2.51. The highest BCUT2D eigenvalue weighted by Crippen LogP contribution is 2.23. The molecular weight excluding hydrogens is 192 g/mol. The number of rotatable bonds is 0. The van der Waals surface area contributed by atoms with Crippen molar-refractivity contribution in [2.24, 2.45) is 0 Å².